The maximum Gasteiger partial charge on any atom is 0.244 e. The summed E-state index contributed by atoms with van der Waals surface area (Å²) < 4.78 is 5.22. The van der Waals surface area contributed by atoms with E-state index in [1.165, 1.54) is 0 Å². The van der Waals surface area contributed by atoms with Crippen molar-refractivity contribution in [3.8, 4) is 11.4 Å². The Hall–Kier alpha value is -1.68. The molecule has 0 radical (unpaired) electrons. The summed E-state index contributed by atoms with van der Waals surface area (Å²) >= 11 is 0. The van der Waals surface area contributed by atoms with E-state index in [2.05, 4.69) is 24.0 Å². The van der Waals surface area contributed by atoms with Gasteiger partial charge in [-0.1, -0.05) is 55.8 Å². The molecular weight excluding hydrogens is 214 g/mol. The molecule has 2 atom stereocenters. The van der Waals surface area contributed by atoms with Gasteiger partial charge in [-0.15, -0.1) is 0 Å². The van der Waals surface area contributed by atoms with Crippen LogP contribution in [-0.4, -0.2) is 10.1 Å². The van der Waals surface area contributed by atoms with Gasteiger partial charge in [0.25, 0.3) is 0 Å². The number of rotatable bonds is 4. The standard InChI is InChI=1S/C13H17N3O/c1-3-9(2)11(14)13-15-12(16-17-13)10-7-5-4-6-8-10/h4-9,11H,3,14H2,1-2H3/t9?,11-/m0/s1. The van der Waals surface area contributed by atoms with Crippen molar-refractivity contribution in [1.29, 1.82) is 0 Å². The fourth-order valence-electron chi connectivity index (χ4n) is 1.57. The van der Waals surface area contributed by atoms with Gasteiger partial charge in [-0.05, 0) is 5.92 Å². The van der Waals surface area contributed by atoms with Crippen LogP contribution in [-0.2, 0) is 0 Å². The van der Waals surface area contributed by atoms with Crippen LogP contribution in [0.3, 0.4) is 0 Å². The summed E-state index contributed by atoms with van der Waals surface area (Å²) in [4.78, 5) is 4.35. The van der Waals surface area contributed by atoms with E-state index in [1.807, 2.05) is 30.3 Å². The average molecular weight is 231 g/mol. The molecular formula is C13H17N3O. The molecule has 17 heavy (non-hydrogen) atoms. The van der Waals surface area contributed by atoms with Crippen molar-refractivity contribution in [2.45, 2.75) is 26.3 Å². The molecule has 0 bridgehead atoms. The third-order valence-electron chi connectivity index (χ3n) is 3.02. The molecule has 0 amide bonds. The van der Waals surface area contributed by atoms with Gasteiger partial charge >= 0.3 is 0 Å². The first-order valence-corrected chi connectivity index (χ1v) is 5.87. The smallest absolute Gasteiger partial charge is 0.244 e. The largest absolute Gasteiger partial charge is 0.337 e. The van der Waals surface area contributed by atoms with Crippen molar-refractivity contribution in [2.24, 2.45) is 11.7 Å². The van der Waals surface area contributed by atoms with Crippen LogP contribution in [0.15, 0.2) is 34.9 Å². The van der Waals surface area contributed by atoms with E-state index in [9.17, 15) is 0 Å². The van der Waals surface area contributed by atoms with Crippen molar-refractivity contribution in [2.75, 3.05) is 0 Å². The molecule has 0 aliphatic heterocycles. The van der Waals surface area contributed by atoms with Gasteiger partial charge in [-0.3, -0.25) is 0 Å². The fourth-order valence-corrected chi connectivity index (χ4v) is 1.57. The predicted molar refractivity (Wildman–Crippen MR) is 66.1 cm³/mol. The Balaban J connectivity index is 2.22. The second kappa shape index (κ2) is 5.10. The van der Waals surface area contributed by atoms with Crippen LogP contribution in [0, 0.1) is 5.92 Å². The van der Waals surface area contributed by atoms with E-state index in [0.29, 0.717) is 17.6 Å². The first-order chi connectivity index (χ1) is 8.22. The molecule has 1 unspecified atom stereocenters. The van der Waals surface area contributed by atoms with E-state index in [-0.39, 0.29) is 6.04 Å². The third kappa shape index (κ3) is 2.53. The molecule has 0 fully saturated rings. The Labute approximate surface area is 101 Å². The lowest BCUT2D eigenvalue weighted by Gasteiger charge is -2.12. The summed E-state index contributed by atoms with van der Waals surface area (Å²) in [6, 6.07) is 9.55. The van der Waals surface area contributed by atoms with Crippen molar-refractivity contribution in [1.82, 2.24) is 10.1 Å². The molecule has 1 aromatic carbocycles. The zero-order valence-electron chi connectivity index (χ0n) is 10.1. The first kappa shape index (κ1) is 11.8. The van der Waals surface area contributed by atoms with Crippen molar-refractivity contribution >= 4 is 0 Å². The molecule has 2 aromatic rings. The minimum Gasteiger partial charge on any atom is -0.337 e. The molecule has 90 valence electrons. The van der Waals surface area contributed by atoms with Crippen molar-refractivity contribution in [3.63, 3.8) is 0 Å². The molecule has 1 heterocycles. The highest BCUT2D eigenvalue weighted by molar-refractivity contribution is 5.53. The lowest BCUT2D eigenvalue weighted by Crippen LogP contribution is -2.18. The van der Waals surface area contributed by atoms with Gasteiger partial charge in [-0.25, -0.2) is 0 Å². The quantitative estimate of drug-likeness (QED) is 0.878. The summed E-state index contributed by atoms with van der Waals surface area (Å²) in [7, 11) is 0. The highest BCUT2D eigenvalue weighted by atomic mass is 16.5. The fraction of sp³-hybridized carbons (Fsp3) is 0.385. The third-order valence-corrected chi connectivity index (χ3v) is 3.02. The van der Waals surface area contributed by atoms with Crippen molar-refractivity contribution in [3.05, 3.63) is 36.2 Å². The first-order valence-electron chi connectivity index (χ1n) is 5.87. The van der Waals surface area contributed by atoms with Crippen LogP contribution in [0.5, 0.6) is 0 Å². The summed E-state index contributed by atoms with van der Waals surface area (Å²) in [5.74, 6) is 1.44. The summed E-state index contributed by atoms with van der Waals surface area (Å²) in [5, 5.41) is 3.96. The lowest BCUT2D eigenvalue weighted by atomic mass is 10.0. The normalized spacial score (nSPS) is 14.5. The van der Waals surface area contributed by atoms with Crippen LogP contribution in [0.25, 0.3) is 11.4 Å². The Morgan fingerprint density at radius 1 is 1.29 bits per heavy atom. The number of aromatic nitrogens is 2. The molecule has 4 heteroatoms. The SMILES string of the molecule is CCC(C)[C@H](N)c1nc(-c2ccccc2)no1. The van der Waals surface area contributed by atoms with Gasteiger partial charge < -0.3 is 10.3 Å². The summed E-state index contributed by atoms with van der Waals surface area (Å²) in [6.07, 6.45) is 0.990. The van der Waals surface area contributed by atoms with E-state index in [1.54, 1.807) is 0 Å². The maximum atomic E-state index is 6.04. The number of nitrogens with zero attached hydrogens (tertiary/aromatic N) is 2. The van der Waals surface area contributed by atoms with E-state index in [4.69, 9.17) is 10.3 Å². The number of hydrogen-bond acceptors (Lipinski definition) is 4. The maximum absolute atomic E-state index is 6.04. The van der Waals surface area contributed by atoms with E-state index in [0.717, 1.165) is 12.0 Å². The molecule has 0 aliphatic carbocycles. The molecule has 0 saturated carbocycles. The highest BCUT2D eigenvalue weighted by Gasteiger charge is 2.20. The number of nitrogens with two attached hydrogens (primary N) is 1. The van der Waals surface area contributed by atoms with Gasteiger partial charge in [-0.2, -0.15) is 4.98 Å². The zero-order valence-corrected chi connectivity index (χ0v) is 10.1. The Morgan fingerprint density at radius 3 is 2.65 bits per heavy atom. The topological polar surface area (TPSA) is 64.9 Å². The molecule has 0 saturated heterocycles. The van der Waals surface area contributed by atoms with E-state index >= 15 is 0 Å². The monoisotopic (exact) mass is 231 g/mol. The zero-order chi connectivity index (χ0) is 12.3. The Kier molecular flexibility index (Phi) is 3.54. The predicted octanol–water partition coefficient (Wildman–Crippen LogP) is 2.78. The van der Waals surface area contributed by atoms with Gasteiger partial charge in [0.2, 0.25) is 11.7 Å². The van der Waals surface area contributed by atoms with Crippen LogP contribution in [0.4, 0.5) is 0 Å². The van der Waals surface area contributed by atoms with Crippen molar-refractivity contribution < 1.29 is 4.52 Å². The Bertz CT molecular complexity index is 467. The van der Waals surface area contributed by atoms with Crippen LogP contribution < -0.4 is 5.73 Å². The molecule has 0 spiro atoms. The second-order valence-electron chi connectivity index (χ2n) is 4.23. The molecule has 4 nitrogen and oxygen atoms in total. The van der Waals surface area contributed by atoms with Crippen LogP contribution >= 0.6 is 0 Å². The molecule has 1 aromatic heterocycles. The Morgan fingerprint density at radius 2 is 2.00 bits per heavy atom. The summed E-state index contributed by atoms with van der Waals surface area (Å²) in [5.41, 5.74) is 6.99. The average Bonchev–Trinajstić information content (AvgIpc) is 2.87. The van der Waals surface area contributed by atoms with Gasteiger partial charge in [0.1, 0.15) is 0 Å². The highest BCUT2D eigenvalue weighted by Crippen LogP contribution is 2.23. The second-order valence-corrected chi connectivity index (χ2v) is 4.23. The van der Waals surface area contributed by atoms with Crippen LogP contribution in [0.2, 0.25) is 0 Å². The molecule has 2 N–H and O–H groups in total. The molecule has 2 rings (SSSR count). The number of hydrogen-bond donors (Lipinski definition) is 1. The van der Waals surface area contributed by atoms with Gasteiger partial charge in [0.15, 0.2) is 0 Å². The van der Waals surface area contributed by atoms with Gasteiger partial charge in [0, 0.05) is 5.56 Å². The van der Waals surface area contributed by atoms with Gasteiger partial charge in [0.05, 0.1) is 6.04 Å². The molecule has 0 aliphatic rings. The summed E-state index contributed by atoms with van der Waals surface area (Å²) in [6.45, 7) is 4.18. The lowest BCUT2D eigenvalue weighted by molar-refractivity contribution is 0.312. The van der Waals surface area contributed by atoms with E-state index < -0.39 is 0 Å². The number of benzene rings is 1. The van der Waals surface area contributed by atoms with Crippen LogP contribution in [0.1, 0.15) is 32.2 Å². The minimum atomic E-state index is -0.190. The minimum absolute atomic E-state index is 0.190.